The molecule has 182 valence electrons. The highest BCUT2D eigenvalue weighted by Gasteiger charge is 2.47. The summed E-state index contributed by atoms with van der Waals surface area (Å²) in [4.78, 5) is 5.19. The monoisotopic (exact) mass is 428 g/mol. The third-order valence-corrected chi connectivity index (χ3v) is 5.84. The summed E-state index contributed by atoms with van der Waals surface area (Å²) in [6.45, 7) is 21.3. The zero-order chi connectivity index (χ0) is 22.7. The summed E-state index contributed by atoms with van der Waals surface area (Å²) in [6.07, 6.45) is 13.7. The molecule has 1 unspecified atom stereocenters. The zero-order valence-corrected chi connectivity index (χ0v) is 21.8. The first-order valence-electron chi connectivity index (χ1n) is 13.4. The van der Waals surface area contributed by atoms with E-state index in [9.17, 15) is 0 Å². The fourth-order valence-corrected chi connectivity index (χ4v) is 4.72. The van der Waals surface area contributed by atoms with Crippen molar-refractivity contribution in [2.45, 2.75) is 131 Å². The normalized spacial score (nSPS) is 13.5. The van der Waals surface area contributed by atoms with Crippen LogP contribution in [0.4, 0.5) is 0 Å². The average molecular weight is 429 g/mol. The molecule has 0 spiro atoms. The molecule has 0 heterocycles. The van der Waals surface area contributed by atoms with Gasteiger partial charge in [0, 0.05) is 26.3 Å². The summed E-state index contributed by atoms with van der Waals surface area (Å²) in [5.41, 5.74) is 0. The Labute approximate surface area is 190 Å². The lowest BCUT2D eigenvalue weighted by Crippen LogP contribution is -2.66. The Balaban J connectivity index is 5.86. The average Bonchev–Trinajstić information content (AvgIpc) is 2.73. The SMILES string of the molecule is CCCCCCCCC(N(CCC)CCC)C(OCC)(OCC)N(CCC)CCC. The van der Waals surface area contributed by atoms with Gasteiger partial charge in [-0.1, -0.05) is 73.1 Å². The molecule has 30 heavy (non-hydrogen) atoms. The molecule has 0 aliphatic heterocycles. The molecule has 0 saturated heterocycles. The van der Waals surface area contributed by atoms with Crippen molar-refractivity contribution in [3.63, 3.8) is 0 Å². The van der Waals surface area contributed by atoms with Gasteiger partial charge in [-0.05, 0) is 59.0 Å². The van der Waals surface area contributed by atoms with E-state index in [-0.39, 0.29) is 6.04 Å². The second-order valence-electron chi connectivity index (χ2n) is 8.59. The van der Waals surface area contributed by atoms with Crippen LogP contribution in [0.5, 0.6) is 0 Å². The van der Waals surface area contributed by atoms with Crippen LogP contribution in [0.1, 0.15) is 119 Å². The molecular formula is C26H56N2O2. The fraction of sp³-hybridized carbons (Fsp3) is 1.00. The fourth-order valence-electron chi connectivity index (χ4n) is 4.72. The van der Waals surface area contributed by atoms with Gasteiger partial charge in [0.05, 0.1) is 6.04 Å². The van der Waals surface area contributed by atoms with Crippen molar-refractivity contribution >= 4 is 0 Å². The first-order valence-corrected chi connectivity index (χ1v) is 13.4. The zero-order valence-electron chi connectivity index (χ0n) is 21.8. The predicted molar refractivity (Wildman–Crippen MR) is 132 cm³/mol. The van der Waals surface area contributed by atoms with E-state index in [0.29, 0.717) is 13.2 Å². The van der Waals surface area contributed by atoms with Gasteiger partial charge in [0.2, 0.25) is 5.91 Å². The maximum absolute atomic E-state index is 6.63. The molecule has 0 aromatic heterocycles. The molecule has 0 saturated carbocycles. The van der Waals surface area contributed by atoms with E-state index in [2.05, 4.69) is 58.3 Å². The van der Waals surface area contributed by atoms with Crippen LogP contribution in [0.15, 0.2) is 0 Å². The van der Waals surface area contributed by atoms with Gasteiger partial charge in [-0.2, -0.15) is 0 Å². The van der Waals surface area contributed by atoms with E-state index in [1.54, 1.807) is 0 Å². The van der Waals surface area contributed by atoms with E-state index < -0.39 is 5.91 Å². The quantitative estimate of drug-likeness (QED) is 0.136. The van der Waals surface area contributed by atoms with Crippen LogP contribution in [0, 0.1) is 0 Å². The number of nitrogens with zero attached hydrogens (tertiary/aromatic N) is 2. The van der Waals surface area contributed by atoms with E-state index >= 15 is 0 Å². The molecule has 0 aromatic carbocycles. The van der Waals surface area contributed by atoms with Crippen LogP contribution in [-0.2, 0) is 9.47 Å². The lowest BCUT2D eigenvalue weighted by Gasteiger charge is -2.51. The van der Waals surface area contributed by atoms with Crippen molar-refractivity contribution in [2.24, 2.45) is 0 Å². The van der Waals surface area contributed by atoms with Crippen LogP contribution in [0.3, 0.4) is 0 Å². The van der Waals surface area contributed by atoms with Gasteiger partial charge in [0.15, 0.2) is 0 Å². The van der Waals surface area contributed by atoms with Gasteiger partial charge in [-0.3, -0.25) is 9.80 Å². The molecule has 0 amide bonds. The third-order valence-electron chi connectivity index (χ3n) is 5.84. The Hall–Kier alpha value is -0.160. The van der Waals surface area contributed by atoms with E-state index in [0.717, 1.165) is 45.4 Å². The van der Waals surface area contributed by atoms with Crippen molar-refractivity contribution in [2.75, 3.05) is 39.4 Å². The van der Waals surface area contributed by atoms with Crippen molar-refractivity contribution in [3.8, 4) is 0 Å². The molecule has 1 atom stereocenters. The maximum atomic E-state index is 6.63. The van der Waals surface area contributed by atoms with E-state index in [1.807, 2.05) is 0 Å². The minimum Gasteiger partial charge on any atom is -0.336 e. The van der Waals surface area contributed by atoms with Crippen molar-refractivity contribution in [1.29, 1.82) is 0 Å². The highest BCUT2D eigenvalue weighted by molar-refractivity contribution is 4.89. The first kappa shape index (κ1) is 29.8. The summed E-state index contributed by atoms with van der Waals surface area (Å²) in [5.74, 6) is -0.636. The van der Waals surface area contributed by atoms with Gasteiger partial charge < -0.3 is 9.47 Å². The Kier molecular flexibility index (Phi) is 19.4. The van der Waals surface area contributed by atoms with Crippen LogP contribution in [0.25, 0.3) is 0 Å². The van der Waals surface area contributed by atoms with E-state index in [1.165, 1.54) is 51.4 Å². The summed E-state index contributed by atoms with van der Waals surface area (Å²) >= 11 is 0. The molecule has 0 aliphatic carbocycles. The standard InChI is InChI=1S/C26H56N2O2/c1-8-15-16-17-18-19-20-25(27(21-9-2)22-10-3)26(29-13-6,30-14-7)28(23-11-4)24-12-5/h25H,8-24H2,1-7H3. The molecule has 0 aliphatic rings. The van der Waals surface area contributed by atoms with Crippen molar-refractivity contribution in [3.05, 3.63) is 0 Å². The first-order chi connectivity index (χ1) is 14.6. The Bertz CT molecular complexity index is 347. The highest BCUT2D eigenvalue weighted by Crippen LogP contribution is 2.32. The summed E-state index contributed by atoms with van der Waals surface area (Å²) in [7, 11) is 0. The van der Waals surface area contributed by atoms with Crippen LogP contribution in [0.2, 0.25) is 0 Å². The smallest absolute Gasteiger partial charge is 0.246 e. The lowest BCUT2D eigenvalue weighted by atomic mass is 9.99. The van der Waals surface area contributed by atoms with Gasteiger partial charge in [-0.25, -0.2) is 0 Å². The Morgan fingerprint density at radius 1 is 0.567 bits per heavy atom. The minimum atomic E-state index is -0.636. The molecule has 4 heteroatoms. The highest BCUT2D eigenvalue weighted by atomic mass is 16.7. The van der Waals surface area contributed by atoms with Crippen LogP contribution in [-0.4, -0.2) is 61.1 Å². The topological polar surface area (TPSA) is 24.9 Å². The molecular weight excluding hydrogens is 372 g/mol. The largest absolute Gasteiger partial charge is 0.336 e. The molecule has 0 radical (unpaired) electrons. The molecule has 0 fully saturated rings. The van der Waals surface area contributed by atoms with Gasteiger partial charge in [-0.15, -0.1) is 0 Å². The number of ether oxygens (including phenoxy) is 2. The Morgan fingerprint density at radius 2 is 1.03 bits per heavy atom. The minimum absolute atomic E-state index is 0.279. The van der Waals surface area contributed by atoms with Gasteiger partial charge >= 0.3 is 0 Å². The molecule has 4 nitrogen and oxygen atoms in total. The van der Waals surface area contributed by atoms with Crippen molar-refractivity contribution in [1.82, 2.24) is 9.80 Å². The third kappa shape index (κ3) is 10.4. The lowest BCUT2D eigenvalue weighted by molar-refractivity contribution is -0.344. The van der Waals surface area contributed by atoms with E-state index in [4.69, 9.17) is 9.47 Å². The summed E-state index contributed by atoms with van der Waals surface area (Å²) in [5, 5.41) is 0. The van der Waals surface area contributed by atoms with Gasteiger partial charge in [0.25, 0.3) is 0 Å². The number of unbranched alkanes of at least 4 members (excludes halogenated alkanes) is 5. The summed E-state index contributed by atoms with van der Waals surface area (Å²) < 4.78 is 13.3. The molecule has 0 rings (SSSR count). The van der Waals surface area contributed by atoms with Gasteiger partial charge in [0.1, 0.15) is 0 Å². The number of hydrogen-bond acceptors (Lipinski definition) is 4. The molecule has 0 aromatic rings. The number of hydrogen-bond donors (Lipinski definition) is 0. The van der Waals surface area contributed by atoms with Crippen molar-refractivity contribution < 1.29 is 9.47 Å². The van der Waals surface area contributed by atoms with Crippen LogP contribution >= 0.6 is 0 Å². The second-order valence-corrected chi connectivity index (χ2v) is 8.59. The molecule has 0 bridgehead atoms. The molecule has 0 N–H and O–H groups in total. The summed E-state index contributed by atoms with van der Waals surface area (Å²) in [6, 6.07) is 0.279. The predicted octanol–water partition coefficient (Wildman–Crippen LogP) is 7.08. The Morgan fingerprint density at radius 3 is 1.47 bits per heavy atom. The van der Waals surface area contributed by atoms with Crippen LogP contribution < -0.4 is 0 Å². The second kappa shape index (κ2) is 19.5. The number of rotatable bonds is 22. The maximum Gasteiger partial charge on any atom is 0.246 e.